The molecule has 1 aliphatic heterocycles. The highest BCUT2D eigenvalue weighted by Crippen LogP contribution is 2.23. The zero-order valence-electron chi connectivity index (χ0n) is 15.4. The lowest BCUT2D eigenvalue weighted by Crippen LogP contribution is -2.59. The quantitative estimate of drug-likeness (QED) is 0.808. The minimum absolute atomic E-state index is 0.0739. The fourth-order valence-electron chi connectivity index (χ4n) is 3.84. The van der Waals surface area contributed by atoms with E-state index in [9.17, 15) is 9.90 Å². The first-order valence-electron chi connectivity index (χ1n) is 8.84. The molecule has 2 rings (SSSR count). The van der Waals surface area contributed by atoms with E-state index in [0.29, 0.717) is 18.6 Å². The van der Waals surface area contributed by atoms with Crippen LogP contribution in [0.2, 0.25) is 0 Å². The van der Waals surface area contributed by atoms with Crippen LogP contribution >= 0.6 is 0 Å². The lowest BCUT2D eigenvalue weighted by atomic mass is 10.1. The third-order valence-electron chi connectivity index (χ3n) is 5.05. The predicted molar refractivity (Wildman–Crippen MR) is 92.6 cm³/mol. The van der Waals surface area contributed by atoms with Crippen molar-refractivity contribution in [2.24, 2.45) is 0 Å². The number of carbonyl (C=O) groups excluding carboxylic acids is 1. The number of aliphatic hydroxyl groups is 1. The Morgan fingerprint density at radius 3 is 2.52 bits per heavy atom. The Morgan fingerprint density at radius 1 is 1.30 bits per heavy atom. The molecule has 1 aliphatic carbocycles. The molecule has 1 saturated carbocycles. The van der Waals surface area contributed by atoms with Crippen molar-refractivity contribution in [3.8, 4) is 0 Å². The molecule has 2 aliphatic rings. The maximum atomic E-state index is 12.6. The summed E-state index contributed by atoms with van der Waals surface area (Å²) in [6.45, 7) is 8.78. The maximum absolute atomic E-state index is 12.6. The number of carbonyl (C=O) groups is 1. The summed E-state index contributed by atoms with van der Waals surface area (Å²) < 4.78 is 0. The van der Waals surface area contributed by atoms with E-state index in [1.807, 2.05) is 18.7 Å². The second kappa shape index (κ2) is 7.36. The molecular weight excluding hydrogens is 292 g/mol. The van der Waals surface area contributed by atoms with Gasteiger partial charge in [-0.1, -0.05) is 0 Å². The summed E-state index contributed by atoms with van der Waals surface area (Å²) in [5.41, 5.74) is -0.685. The van der Waals surface area contributed by atoms with Crippen LogP contribution in [0.3, 0.4) is 0 Å². The summed E-state index contributed by atoms with van der Waals surface area (Å²) in [4.78, 5) is 19.0. The molecular formula is C17H34N4O2. The Labute approximate surface area is 140 Å². The van der Waals surface area contributed by atoms with Crippen molar-refractivity contribution < 1.29 is 9.90 Å². The van der Waals surface area contributed by atoms with Crippen molar-refractivity contribution in [3.05, 3.63) is 0 Å². The van der Waals surface area contributed by atoms with Gasteiger partial charge < -0.3 is 20.2 Å². The molecule has 0 unspecified atom stereocenters. The third-order valence-corrected chi connectivity index (χ3v) is 5.05. The van der Waals surface area contributed by atoms with Crippen LogP contribution < -0.4 is 5.32 Å². The number of urea groups is 1. The normalized spacial score (nSPS) is 30.0. The highest BCUT2D eigenvalue weighted by molar-refractivity contribution is 5.75. The molecule has 2 N–H and O–H groups in total. The Balaban J connectivity index is 1.80. The molecule has 0 aromatic rings. The van der Waals surface area contributed by atoms with Crippen LogP contribution in [-0.2, 0) is 0 Å². The maximum Gasteiger partial charge on any atom is 0.317 e. The number of rotatable bonds is 4. The average molecular weight is 326 g/mol. The van der Waals surface area contributed by atoms with E-state index in [1.54, 1.807) is 0 Å². The summed E-state index contributed by atoms with van der Waals surface area (Å²) in [7, 11) is 4.22. The van der Waals surface area contributed by atoms with Crippen molar-refractivity contribution in [2.45, 2.75) is 63.8 Å². The van der Waals surface area contributed by atoms with Gasteiger partial charge in [0.25, 0.3) is 0 Å². The summed E-state index contributed by atoms with van der Waals surface area (Å²) in [6, 6.07) is 1.14. The average Bonchev–Trinajstić information content (AvgIpc) is 2.85. The summed E-state index contributed by atoms with van der Waals surface area (Å²) >= 11 is 0. The third kappa shape index (κ3) is 5.33. The smallest absolute Gasteiger partial charge is 0.317 e. The van der Waals surface area contributed by atoms with E-state index < -0.39 is 5.60 Å². The Morgan fingerprint density at radius 2 is 2.00 bits per heavy atom. The van der Waals surface area contributed by atoms with Crippen LogP contribution in [0.5, 0.6) is 0 Å². The number of piperazine rings is 1. The van der Waals surface area contributed by atoms with E-state index in [-0.39, 0.29) is 12.1 Å². The predicted octanol–water partition coefficient (Wildman–Crippen LogP) is 0.956. The van der Waals surface area contributed by atoms with Gasteiger partial charge >= 0.3 is 6.03 Å². The molecule has 0 spiro atoms. The lowest BCUT2D eigenvalue weighted by Gasteiger charge is -2.41. The standard InChI is InChI=1S/C17H34N4O2/c1-13-11-20(12-17(2,3)23)8-9-21(13)16(22)18-14-6-7-15(10-14)19(4)5/h13-15,23H,6-12H2,1-5H3,(H,18,22)/t13-,14-,15+/m1/s1. The van der Waals surface area contributed by atoms with Crippen LogP contribution in [0, 0.1) is 0 Å². The van der Waals surface area contributed by atoms with Gasteiger partial charge in [-0.05, 0) is 54.1 Å². The van der Waals surface area contributed by atoms with Crippen LogP contribution in [0.1, 0.15) is 40.0 Å². The Bertz CT molecular complexity index is 408. The van der Waals surface area contributed by atoms with Gasteiger partial charge in [0.2, 0.25) is 0 Å². The van der Waals surface area contributed by atoms with Gasteiger partial charge in [-0.15, -0.1) is 0 Å². The zero-order chi connectivity index (χ0) is 17.2. The van der Waals surface area contributed by atoms with Gasteiger partial charge in [0, 0.05) is 44.3 Å². The molecule has 3 atom stereocenters. The minimum atomic E-state index is -0.685. The van der Waals surface area contributed by atoms with E-state index in [2.05, 4.69) is 36.1 Å². The van der Waals surface area contributed by atoms with E-state index >= 15 is 0 Å². The van der Waals surface area contributed by atoms with Crippen LogP contribution in [-0.4, -0.2) is 89.8 Å². The molecule has 23 heavy (non-hydrogen) atoms. The number of amides is 2. The molecule has 0 radical (unpaired) electrons. The van der Waals surface area contributed by atoms with Crippen molar-refractivity contribution in [1.29, 1.82) is 0 Å². The van der Waals surface area contributed by atoms with Crippen LogP contribution in [0.4, 0.5) is 4.79 Å². The summed E-state index contributed by atoms with van der Waals surface area (Å²) in [5, 5.41) is 13.2. The Kier molecular flexibility index (Phi) is 5.92. The van der Waals surface area contributed by atoms with Crippen molar-refractivity contribution in [1.82, 2.24) is 20.0 Å². The fourth-order valence-corrected chi connectivity index (χ4v) is 3.84. The van der Waals surface area contributed by atoms with Crippen LogP contribution in [0.15, 0.2) is 0 Å². The van der Waals surface area contributed by atoms with Gasteiger partial charge in [0.1, 0.15) is 0 Å². The molecule has 2 fully saturated rings. The highest BCUT2D eigenvalue weighted by atomic mass is 16.3. The number of β-amino-alcohol motifs (C(OH)–C–C–N with tert-alkyl or cyclic N) is 1. The molecule has 0 bridgehead atoms. The Hall–Kier alpha value is -0.850. The molecule has 2 amide bonds. The van der Waals surface area contributed by atoms with Gasteiger partial charge in [0.05, 0.1) is 5.60 Å². The zero-order valence-corrected chi connectivity index (χ0v) is 15.4. The molecule has 1 heterocycles. The number of hydrogen-bond acceptors (Lipinski definition) is 4. The first-order chi connectivity index (χ1) is 10.7. The van der Waals surface area contributed by atoms with Crippen molar-refractivity contribution in [3.63, 3.8) is 0 Å². The lowest BCUT2D eigenvalue weighted by molar-refractivity contribution is 0.0117. The molecule has 1 saturated heterocycles. The van der Waals surface area contributed by atoms with Crippen molar-refractivity contribution in [2.75, 3.05) is 40.3 Å². The van der Waals surface area contributed by atoms with E-state index in [0.717, 1.165) is 38.9 Å². The summed E-state index contributed by atoms with van der Waals surface area (Å²) in [6.07, 6.45) is 3.28. The summed E-state index contributed by atoms with van der Waals surface area (Å²) in [5.74, 6) is 0. The molecule has 0 aromatic carbocycles. The SMILES string of the molecule is C[C@@H]1CN(CC(C)(C)O)CCN1C(=O)N[C@@H]1CC[C@H](N(C)C)C1. The topological polar surface area (TPSA) is 59.1 Å². The van der Waals surface area contributed by atoms with Gasteiger partial charge in [0.15, 0.2) is 0 Å². The molecule has 6 heteroatoms. The minimum Gasteiger partial charge on any atom is -0.389 e. The highest BCUT2D eigenvalue weighted by Gasteiger charge is 2.32. The molecule has 6 nitrogen and oxygen atoms in total. The van der Waals surface area contributed by atoms with Gasteiger partial charge in [-0.3, -0.25) is 4.90 Å². The van der Waals surface area contributed by atoms with Crippen LogP contribution in [0.25, 0.3) is 0 Å². The second-order valence-electron chi connectivity index (χ2n) is 8.17. The first-order valence-corrected chi connectivity index (χ1v) is 8.84. The second-order valence-corrected chi connectivity index (χ2v) is 8.17. The molecule has 134 valence electrons. The van der Waals surface area contributed by atoms with Gasteiger partial charge in [-0.2, -0.15) is 0 Å². The number of nitrogens with one attached hydrogen (secondary N) is 1. The first kappa shape index (κ1) is 18.5. The van der Waals surface area contributed by atoms with E-state index in [4.69, 9.17) is 0 Å². The van der Waals surface area contributed by atoms with Gasteiger partial charge in [-0.25, -0.2) is 4.79 Å². The van der Waals surface area contributed by atoms with Crippen molar-refractivity contribution >= 4 is 6.03 Å². The number of hydrogen-bond donors (Lipinski definition) is 2. The fraction of sp³-hybridized carbons (Fsp3) is 0.941. The monoisotopic (exact) mass is 326 g/mol. The largest absolute Gasteiger partial charge is 0.389 e. The van der Waals surface area contributed by atoms with E-state index in [1.165, 1.54) is 0 Å². The molecule has 0 aromatic heterocycles. The number of nitrogens with zero attached hydrogens (tertiary/aromatic N) is 3.